The van der Waals surface area contributed by atoms with Crippen molar-refractivity contribution in [2.24, 2.45) is 11.8 Å². The number of nitrogens with zero attached hydrogens (tertiary/aromatic N) is 3. The van der Waals surface area contributed by atoms with Crippen LogP contribution in [0.2, 0.25) is 0 Å². The summed E-state index contributed by atoms with van der Waals surface area (Å²) >= 11 is 0. The van der Waals surface area contributed by atoms with E-state index < -0.39 is 0 Å². The Morgan fingerprint density at radius 2 is 1.76 bits per heavy atom. The Kier molecular flexibility index (Phi) is 5.26. The van der Waals surface area contributed by atoms with Gasteiger partial charge in [0.1, 0.15) is 0 Å². The first-order valence-corrected chi connectivity index (χ1v) is 9.32. The van der Waals surface area contributed by atoms with E-state index in [9.17, 15) is 4.79 Å². The van der Waals surface area contributed by atoms with Gasteiger partial charge in [-0.15, -0.1) is 0 Å². The molecule has 1 amide bonds. The summed E-state index contributed by atoms with van der Waals surface area (Å²) in [7, 11) is 0. The number of likely N-dealkylation sites (tertiary alicyclic amines) is 1. The summed E-state index contributed by atoms with van der Waals surface area (Å²) in [5, 5.41) is 4.52. The molecule has 1 saturated heterocycles. The van der Waals surface area contributed by atoms with E-state index >= 15 is 0 Å². The van der Waals surface area contributed by atoms with Crippen LogP contribution in [0.25, 0.3) is 5.69 Å². The first-order chi connectivity index (χ1) is 11.9. The average molecular weight is 339 g/mol. The predicted octanol–water partition coefficient (Wildman–Crippen LogP) is 3.93. The first-order valence-electron chi connectivity index (χ1n) is 9.32. The fourth-order valence-electron chi connectivity index (χ4n) is 3.97. The minimum atomic E-state index is 0.293. The molecule has 1 aliphatic rings. The van der Waals surface area contributed by atoms with Gasteiger partial charge in [-0.25, -0.2) is 4.68 Å². The first kappa shape index (κ1) is 17.7. The topological polar surface area (TPSA) is 38.1 Å². The summed E-state index contributed by atoms with van der Waals surface area (Å²) in [4.78, 5) is 14.6. The molecule has 4 nitrogen and oxygen atoms in total. The Labute approximate surface area is 150 Å². The standard InChI is InChI=1S/C21H29N3O/c1-15-11-16(2)14-23(13-15)21(25)10-7-19-5-8-20(9-6-19)24-18(4)12-17(3)22-24/h5-6,8-9,12,15-16H,7,10-11,13-14H2,1-4H3. The number of aryl methyl sites for hydroxylation is 3. The van der Waals surface area contributed by atoms with Crippen molar-refractivity contribution in [1.82, 2.24) is 14.7 Å². The van der Waals surface area contributed by atoms with Crippen molar-refractivity contribution in [2.75, 3.05) is 13.1 Å². The Bertz CT molecular complexity index is 722. The molecule has 2 atom stereocenters. The Morgan fingerprint density at radius 1 is 1.12 bits per heavy atom. The number of benzene rings is 1. The molecule has 0 N–H and O–H groups in total. The van der Waals surface area contributed by atoms with Crippen molar-refractivity contribution in [3.8, 4) is 5.69 Å². The number of carbonyl (C=O) groups is 1. The van der Waals surface area contributed by atoms with Crippen LogP contribution in [0.1, 0.15) is 43.6 Å². The smallest absolute Gasteiger partial charge is 0.222 e. The van der Waals surface area contributed by atoms with E-state index in [1.165, 1.54) is 12.0 Å². The molecule has 0 radical (unpaired) electrons. The average Bonchev–Trinajstić information content (AvgIpc) is 2.90. The van der Waals surface area contributed by atoms with Crippen molar-refractivity contribution in [3.63, 3.8) is 0 Å². The minimum Gasteiger partial charge on any atom is -0.342 e. The zero-order chi connectivity index (χ0) is 18.0. The maximum absolute atomic E-state index is 12.5. The van der Waals surface area contributed by atoms with Gasteiger partial charge in [-0.3, -0.25) is 4.79 Å². The lowest BCUT2D eigenvalue weighted by molar-refractivity contribution is -0.133. The molecule has 134 valence electrons. The molecule has 1 fully saturated rings. The van der Waals surface area contributed by atoms with E-state index in [0.717, 1.165) is 36.6 Å². The second-order valence-electron chi connectivity index (χ2n) is 7.75. The van der Waals surface area contributed by atoms with E-state index in [2.05, 4.69) is 61.1 Å². The monoisotopic (exact) mass is 339 g/mol. The second-order valence-corrected chi connectivity index (χ2v) is 7.75. The van der Waals surface area contributed by atoms with Crippen molar-refractivity contribution >= 4 is 5.91 Å². The SMILES string of the molecule is Cc1cc(C)n(-c2ccc(CCC(=O)N3CC(C)CC(C)C3)cc2)n1. The van der Waals surface area contributed by atoms with Crippen molar-refractivity contribution < 1.29 is 4.79 Å². The fraction of sp³-hybridized carbons (Fsp3) is 0.524. The third-order valence-corrected chi connectivity index (χ3v) is 5.04. The molecular formula is C21H29N3O. The largest absolute Gasteiger partial charge is 0.342 e. The van der Waals surface area contributed by atoms with Gasteiger partial charge >= 0.3 is 0 Å². The highest BCUT2D eigenvalue weighted by molar-refractivity contribution is 5.76. The number of piperidine rings is 1. The van der Waals surface area contributed by atoms with Gasteiger partial charge in [-0.05, 0) is 62.3 Å². The van der Waals surface area contributed by atoms with Crippen LogP contribution in [-0.4, -0.2) is 33.7 Å². The van der Waals surface area contributed by atoms with Gasteiger partial charge in [0.2, 0.25) is 5.91 Å². The van der Waals surface area contributed by atoms with E-state index in [0.29, 0.717) is 24.2 Å². The quantitative estimate of drug-likeness (QED) is 0.846. The molecule has 2 heterocycles. The second kappa shape index (κ2) is 7.42. The highest BCUT2D eigenvalue weighted by Crippen LogP contribution is 2.22. The van der Waals surface area contributed by atoms with Crippen LogP contribution in [0, 0.1) is 25.7 Å². The van der Waals surface area contributed by atoms with Crippen molar-refractivity contribution in [1.29, 1.82) is 0 Å². The molecule has 1 aromatic carbocycles. The summed E-state index contributed by atoms with van der Waals surface area (Å²) in [6, 6.07) is 10.5. The molecular weight excluding hydrogens is 310 g/mol. The Balaban J connectivity index is 1.58. The van der Waals surface area contributed by atoms with Crippen LogP contribution in [0.3, 0.4) is 0 Å². The van der Waals surface area contributed by atoms with Crippen LogP contribution in [0.5, 0.6) is 0 Å². The van der Waals surface area contributed by atoms with E-state index in [4.69, 9.17) is 0 Å². The molecule has 3 rings (SSSR count). The van der Waals surface area contributed by atoms with Crippen LogP contribution >= 0.6 is 0 Å². The zero-order valence-electron chi connectivity index (χ0n) is 15.8. The fourth-order valence-corrected chi connectivity index (χ4v) is 3.97. The molecule has 4 heteroatoms. The molecule has 25 heavy (non-hydrogen) atoms. The number of hydrogen-bond acceptors (Lipinski definition) is 2. The van der Waals surface area contributed by atoms with Gasteiger partial charge in [-0.2, -0.15) is 5.10 Å². The third kappa shape index (κ3) is 4.30. The van der Waals surface area contributed by atoms with Gasteiger partial charge in [0.15, 0.2) is 0 Å². The normalized spacial score (nSPS) is 20.7. The molecule has 2 aromatic rings. The lowest BCUT2D eigenvalue weighted by atomic mass is 9.91. The van der Waals surface area contributed by atoms with E-state index in [1.54, 1.807) is 0 Å². The lowest BCUT2D eigenvalue weighted by Gasteiger charge is -2.35. The molecule has 1 aromatic heterocycles. The maximum atomic E-state index is 12.5. The summed E-state index contributed by atoms with van der Waals surface area (Å²) in [5.41, 5.74) is 4.43. The van der Waals surface area contributed by atoms with Crippen molar-refractivity contribution in [3.05, 3.63) is 47.3 Å². The van der Waals surface area contributed by atoms with Crippen LogP contribution in [-0.2, 0) is 11.2 Å². The number of rotatable bonds is 4. The number of carbonyl (C=O) groups excluding carboxylic acids is 1. The molecule has 1 aliphatic heterocycles. The number of aromatic nitrogens is 2. The predicted molar refractivity (Wildman–Crippen MR) is 101 cm³/mol. The molecule has 0 aliphatic carbocycles. The molecule has 0 saturated carbocycles. The van der Waals surface area contributed by atoms with E-state index in [-0.39, 0.29) is 0 Å². The maximum Gasteiger partial charge on any atom is 0.222 e. The molecule has 2 unspecified atom stereocenters. The molecule has 0 bridgehead atoms. The zero-order valence-corrected chi connectivity index (χ0v) is 15.8. The summed E-state index contributed by atoms with van der Waals surface area (Å²) < 4.78 is 1.96. The summed E-state index contributed by atoms with van der Waals surface area (Å²) in [6.45, 7) is 10.4. The number of amides is 1. The third-order valence-electron chi connectivity index (χ3n) is 5.04. The Morgan fingerprint density at radius 3 is 2.32 bits per heavy atom. The van der Waals surface area contributed by atoms with Crippen molar-refractivity contribution in [2.45, 2.75) is 47.0 Å². The molecule has 0 spiro atoms. The van der Waals surface area contributed by atoms with Gasteiger partial charge in [-0.1, -0.05) is 26.0 Å². The lowest BCUT2D eigenvalue weighted by Crippen LogP contribution is -2.42. The Hall–Kier alpha value is -2.10. The van der Waals surface area contributed by atoms with Crippen LogP contribution in [0.15, 0.2) is 30.3 Å². The highest BCUT2D eigenvalue weighted by Gasteiger charge is 2.24. The minimum absolute atomic E-state index is 0.293. The van der Waals surface area contributed by atoms with Gasteiger partial charge in [0.05, 0.1) is 11.4 Å². The highest BCUT2D eigenvalue weighted by atomic mass is 16.2. The van der Waals surface area contributed by atoms with Gasteiger partial charge in [0.25, 0.3) is 0 Å². The van der Waals surface area contributed by atoms with Crippen LogP contribution < -0.4 is 0 Å². The number of hydrogen-bond donors (Lipinski definition) is 0. The summed E-state index contributed by atoms with van der Waals surface area (Å²) in [5.74, 6) is 1.53. The summed E-state index contributed by atoms with van der Waals surface area (Å²) in [6.07, 6.45) is 2.63. The van der Waals surface area contributed by atoms with Gasteiger partial charge < -0.3 is 4.90 Å². The van der Waals surface area contributed by atoms with Crippen LogP contribution in [0.4, 0.5) is 0 Å². The van der Waals surface area contributed by atoms with E-state index in [1.807, 2.05) is 11.6 Å². The van der Waals surface area contributed by atoms with Gasteiger partial charge in [0, 0.05) is 25.2 Å².